The Hall–Kier alpha value is -7.30. The van der Waals surface area contributed by atoms with E-state index in [0.717, 1.165) is 17.1 Å². The van der Waals surface area contributed by atoms with E-state index in [0.29, 0.717) is 0 Å². The number of aryl methyl sites for hydroxylation is 2. The molecule has 0 N–H and O–H groups in total. The van der Waals surface area contributed by atoms with E-state index in [9.17, 15) is 0 Å². The van der Waals surface area contributed by atoms with Crippen molar-refractivity contribution in [3.05, 3.63) is 216 Å². The van der Waals surface area contributed by atoms with Crippen molar-refractivity contribution in [3.63, 3.8) is 0 Å². The lowest BCUT2D eigenvalue weighted by Gasteiger charge is -2.45. The van der Waals surface area contributed by atoms with Crippen molar-refractivity contribution < 1.29 is 0 Å². The van der Waals surface area contributed by atoms with Crippen LogP contribution in [0, 0.1) is 13.8 Å². The van der Waals surface area contributed by atoms with Crippen LogP contribution in [-0.2, 0) is 5.41 Å². The number of rotatable bonds is 5. The van der Waals surface area contributed by atoms with E-state index < -0.39 is 0 Å². The highest BCUT2D eigenvalue weighted by atomic mass is 15.2. The summed E-state index contributed by atoms with van der Waals surface area (Å²) < 4.78 is 0. The molecule has 0 atom stereocenters. The lowest BCUT2D eigenvalue weighted by Crippen LogP contribution is -2.61. The number of fused-ring (bicyclic) bond motifs is 8. The Morgan fingerprint density at radius 3 is 1.70 bits per heavy atom. The number of para-hydroxylation sites is 5. The molecule has 290 valence electrons. The van der Waals surface area contributed by atoms with Crippen molar-refractivity contribution in [1.29, 1.82) is 0 Å². The number of hydrogen-bond donors (Lipinski definition) is 0. The average Bonchev–Trinajstić information content (AvgIpc) is 3.50. The maximum absolute atomic E-state index is 2.59. The van der Waals surface area contributed by atoms with Gasteiger partial charge in [-0.05, 0) is 159 Å². The summed E-state index contributed by atoms with van der Waals surface area (Å²) in [4.78, 5) is 7.42. The Balaban J connectivity index is 1.08. The monoisotopic (exact) mass is 781 g/mol. The van der Waals surface area contributed by atoms with Crippen molar-refractivity contribution in [2.24, 2.45) is 0 Å². The van der Waals surface area contributed by atoms with Crippen LogP contribution >= 0.6 is 0 Å². The molecule has 0 fully saturated rings. The van der Waals surface area contributed by atoms with Gasteiger partial charge in [0.15, 0.2) is 0 Å². The van der Waals surface area contributed by atoms with Gasteiger partial charge in [-0.3, -0.25) is 0 Å². The van der Waals surface area contributed by atoms with Gasteiger partial charge in [0, 0.05) is 50.9 Å². The second-order valence-corrected chi connectivity index (χ2v) is 17.5. The normalized spacial score (nSPS) is 13.9. The second kappa shape index (κ2) is 13.4. The molecule has 2 heterocycles. The van der Waals surface area contributed by atoms with Crippen LogP contribution in [0.2, 0.25) is 0 Å². The Labute approximate surface area is 358 Å². The molecule has 0 radical (unpaired) electrons. The predicted octanol–water partition coefficient (Wildman–Crippen LogP) is 13.3. The van der Waals surface area contributed by atoms with Crippen LogP contribution < -0.4 is 31.1 Å². The highest BCUT2D eigenvalue weighted by Gasteiger charge is 2.46. The van der Waals surface area contributed by atoms with Gasteiger partial charge >= 0.3 is 0 Å². The molecular formula is C57H44BN3. The van der Waals surface area contributed by atoms with E-state index in [2.05, 4.69) is 237 Å². The van der Waals surface area contributed by atoms with Gasteiger partial charge in [0.1, 0.15) is 0 Å². The smallest absolute Gasteiger partial charge is 0.252 e. The number of nitrogens with zero attached hydrogens (tertiary/aromatic N) is 3. The minimum atomic E-state index is -0.226. The lowest BCUT2D eigenvalue weighted by atomic mass is 9.33. The third kappa shape index (κ3) is 5.25. The molecular weight excluding hydrogens is 737 g/mol. The fourth-order valence-corrected chi connectivity index (χ4v) is 10.8. The quantitative estimate of drug-likeness (QED) is 0.161. The van der Waals surface area contributed by atoms with Crippen molar-refractivity contribution in [2.75, 3.05) is 14.7 Å². The summed E-state index contributed by atoms with van der Waals surface area (Å²) in [5.74, 6) is 0. The molecule has 9 aromatic carbocycles. The van der Waals surface area contributed by atoms with Crippen LogP contribution in [0.4, 0.5) is 51.2 Å². The molecule has 3 aliphatic rings. The summed E-state index contributed by atoms with van der Waals surface area (Å²) in [5, 5.41) is 2.49. The largest absolute Gasteiger partial charge is 0.311 e. The first-order chi connectivity index (χ1) is 29.9. The fraction of sp³-hybridized carbons (Fsp3) is 0.0877. The molecule has 0 amide bonds. The highest BCUT2D eigenvalue weighted by molar-refractivity contribution is 7.00. The SMILES string of the molecule is Cc1cccc(C)c1N1c2cc3c(cc2B2c4ccccc4N(c4ccccc4)c4cccc1c42)C(C)(C)c1cc2cc(N(c4ccccc4)c4ccccc4)ccc2cc1-3. The van der Waals surface area contributed by atoms with Crippen molar-refractivity contribution in [2.45, 2.75) is 33.1 Å². The van der Waals surface area contributed by atoms with Crippen LogP contribution in [0.15, 0.2) is 194 Å². The van der Waals surface area contributed by atoms with Crippen molar-refractivity contribution >= 4 is 85.1 Å². The zero-order valence-electron chi connectivity index (χ0n) is 34.9. The first kappa shape index (κ1) is 35.6. The number of benzene rings is 9. The van der Waals surface area contributed by atoms with Crippen LogP contribution in [0.25, 0.3) is 21.9 Å². The van der Waals surface area contributed by atoms with E-state index in [1.54, 1.807) is 0 Å². The minimum Gasteiger partial charge on any atom is -0.311 e. The van der Waals surface area contributed by atoms with Gasteiger partial charge in [0.2, 0.25) is 0 Å². The van der Waals surface area contributed by atoms with E-state index in [1.165, 1.54) is 94.7 Å². The van der Waals surface area contributed by atoms with Crippen molar-refractivity contribution in [3.8, 4) is 11.1 Å². The molecule has 1 aliphatic carbocycles. The third-order valence-corrected chi connectivity index (χ3v) is 13.6. The van der Waals surface area contributed by atoms with E-state index in [4.69, 9.17) is 0 Å². The summed E-state index contributed by atoms with van der Waals surface area (Å²) in [7, 11) is 0. The summed E-state index contributed by atoms with van der Waals surface area (Å²) in [6.45, 7) is 9.44. The molecule has 3 nitrogen and oxygen atoms in total. The second-order valence-electron chi connectivity index (χ2n) is 17.5. The fourth-order valence-electron chi connectivity index (χ4n) is 10.8. The van der Waals surface area contributed by atoms with Crippen molar-refractivity contribution in [1.82, 2.24) is 0 Å². The lowest BCUT2D eigenvalue weighted by molar-refractivity contribution is 0.661. The first-order valence-corrected chi connectivity index (χ1v) is 21.5. The van der Waals surface area contributed by atoms with Gasteiger partial charge < -0.3 is 14.7 Å². The third-order valence-electron chi connectivity index (χ3n) is 13.6. The van der Waals surface area contributed by atoms with Gasteiger partial charge in [-0.1, -0.05) is 123 Å². The summed E-state index contributed by atoms with van der Waals surface area (Å²) >= 11 is 0. The van der Waals surface area contributed by atoms with E-state index in [-0.39, 0.29) is 12.1 Å². The highest BCUT2D eigenvalue weighted by Crippen LogP contribution is 2.53. The van der Waals surface area contributed by atoms with Gasteiger partial charge in [-0.15, -0.1) is 0 Å². The topological polar surface area (TPSA) is 9.72 Å². The van der Waals surface area contributed by atoms with Gasteiger partial charge in [0.05, 0.1) is 5.69 Å². The minimum absolute atomic E-state index is 0.0614. The van der Waals surface area contributed by atoms with Gasteiger partial charge in [-0.25, -0.2) is 0 Å². The first-order valence-electron chi connectivity index (χ1n) is 21.5. The molecule has 4 heteroatoms. The number of hydrogen-bond acceptors (Lipinski definition) is 3. The van der Waals surface area contributed by atoms with Crippen LogP contribution in [0.5, 0.6) is 0 Å². The molecule has 2 aliphatic heterocycles. The van der Waals surface area contributed by atoms with E-state index >= 15 is 0 Å². The molecule has 0 bridgehead atoms. The van der Waals surface area contributed by atoms with Crippen LogP contribution in [-0.4, -0.2) is 6.71 Å². The maximum atomic E-state index is 2.59. The van der Waals surface area contributed by atoms with Gasteiger partial charge in [-0.2, -0.15) is 0 Å². The summed E-state index contributed by atoms with van der Waals surface area (Å²) in [6, 6.07) is 72.0. The molecule has 61 heavy (non-hydrogen) atoms. The Morgan fingerprint density at radius 2 is 1.00 bits per heavy atom. The Kier molecular flexibility index (Phi) is 7.80. The van der Waals surface area contributed by atoms with Crippen LogP contribution in [0.3, 0.4) is 0 Å². The zero-order valence-corrected chi connectivity index (χ0v) is 34.9. The Morgan fingerprint density at radius 1 is 0.426 bits per heavy atom. The molecule has 12 rings (SSSR count). The van der Waals surface area contributed by atoms with E-state index in [1.807, 2.05) is 0 Å². The maximum Gasteiger partial charge on any atom is 0.252 e. The summed E-state index contributed by atoms with van der Waals surface area (Å²) in [6.07, 6.45) is 0. The molecule has 9 aromatic rings. The standard InChI is InChI=1S/C57H44BN3/c1-37-18-16-19-38(2)56(37)61-53-29-17-28-52-55(53)58(49-26-14-15-27-51(49)60(52)43-24-12-7-13-25-43)50-36-48-46(35-54(50)61)45-33-39-30-31-44(32-40(39)34-47(45)57(48,3)4)59(41-20-8-5-9-21-41)42-22-10-6-11-23-42/h5-36H,1-4H3. The summed E-state index contributed by atoms with van der Waals surface area (Å²) in [5.41, 5.74) is 22.6. The predicted molar refractivity (Wildman–Crippen MR) is 260 cm³/mol. The molecule has 0 saturated carbocycles. The molecule has 0 unspecified atom stereocenters. The van der Waals surface area contributed by atoms with Crippen LogP contribution in [0.1, 0.15) is 36.1 Å². The Bertz CT molecular complexity index is 3150. The van der Waals surface area contributed by atoms with Gasteiger partial charge in [0.25, 0.3) is 6.71 Å². The number of anilines is 9. The molecule has 0 spiro atoms. The molecule has 0 aromatic heterocycles. The molecule has 0 saturated heterocycles. The average molecular weight is 782 g/mol. The zero-order chi connectivity index (χ0) is 41.0.